The smallest absolute Gasteiger partial charge is 0.274 e. The molecule has 1 aromatic heterocycles. The molecule has 106 valence electrons. The maximum atomic E-state index is 12.4. The van der Waals surface area contributed by atoms with E-state index in [4.69, 9.17) is 4.52 Å². The van der Waals surface area contributed by atoms with Crippen LogP contribution in [0, 0.1) is 5.92 Å². The van der Waals surface area contributed by atoms with Crippen molar-refractivity contribution in [2.75, 3.05) is 12.8 Å². The Morgan fingerprint density at radius 2 is 2.15 bits per heavy atom. The summed E-state index contributed by atoms with van der Waals surface area (Å²) in [5.74, 6) is -0.445. The highest BCUT2D eigenvalue weighted by atomic mass is 32.2. The summed E-state index contributed by atoms with van der Waals surface area (Å²) in [6.45, 7) is 4.03. The van der Waals surface area contributed by atoms with E-state index in [0.717, 1.165) is 0 Å². The second-order valence-electron chi connectivity index (χ2n) is 4.72. The highest BCUT2D eigenvalue weighted by molar-refractivity contribution is 8.04. The Morgan fingerprint density at radius 1 is 1.45 bits per heavy atom. The molecule has 1 heterocycles. The molecule has 1 aliphatic carbocycles. The maximum Gasteiger partial charge on any atom is 0.274 e. The molecule has 7 heteroatoms. The van der Waals surface area contributed by atoms with Crippen LogP contribution in [-0.4, -0.2) is 35.4 Å². The van der Waals surface area contributed by atoms with Crippen LogP contribution in [0.25, 0.3) is 0 Å². The van der Waals surface area contributed by atoms with Gasteiger partial charge in [0.15, 0.2) is 5.69 Å². The van der Waals surface area contributed by atoms with Gasteiger partial charge in [0.25, 0.3) is 5.91 Å². The van der Waals surface area contributed by atoms with E-state index in [9.17, 15) is 14.4 Å². The highest BCUT2D eigenvalue weighted by Crippen LogP contribution is 2.31. The van der Waals surface area contributed by atoms with Crippen LogP contribution in [0.2, 0.25) is 0 Å². The Balaban J connectivity index is 2.38. The molecule has 0 spiro atoms. The van der Waals surface area contributed by atoms with Gasteiger partial charge in [-0.15, -0.1) is 11.8 Å². The molecule has 0 fully saturated rings. The number of hydrogen-bond acceptors (Lipinski definition) is 6. The second-order valence-corrected chi connectivity index (χ2v) is 5.78. The van der Waals surface area contributed by atoms with Gasteiger partial charge < -0.3 is 9.84 Å². The lowest BCUT2D eigenvalue weighted by Gasteiger charge is -2.11. The summed E-state index contributed by atoms with van der Waals surface area (Å²) in [5, 5.41) is 5.89. The van der Waals surface area contributed by atoms with Crippen LogP contribution in [0.5, 0.6) is 0 Å². The normalized spacial score (nSPS) is 14.3. The molecule has 1 N–H and O–H groups in total. The van der Waals surface area contributed by atoms with Crippen LogP contribution >= 0.6 is 11.8 Å². The number of nitrogens with one attached hydrogen (secondary N) is 1. The molecule has 2 rings (SSSR count). The monoisotopic (exact) mass is 294 g/mol. The number of fused-ring (bicyclic) bond motifs is 1. The Bertz CT molecular complexity index is 616. The number of carbonyl (C=O) groups is 3. The molecule has 1 aromatic rings. The van der Waals surface area contributed by atoms with Gasteiger partial charge in [-0.1, -0.05) is 19.0 Å². The standard InChI is InChI=1S/C13H14N2O4S/c1-6(2)5-20-8-4-7(16)12-9(11(8)17)10(15-19-12)13(18)14-3/h4,6H,5H2,1-3H3,(H,14,18). The van der Waals surface area contributed by atoms with Crippen molar-refractivity contribution in [3.8, 4) is 0 Å². The summed E-state index contributed by atoms with van der Waals surface area (Å²) in [6.07, 6.45) is 1.25. The first kappa shape index (κ1) is 14.5. The first-order valence-corrected chi connectivity index (χ1v) is 7.09. The quantitative estimate of drug-likeness (QED) is 0.909. The van der Waals surface area contributed by atoms with Gasteiger partial charge in [0.1, 0.15) is 5.56 Å². The van der Waals surface area contributed by atoms with Gasteiger partial charge in [0.05, 0.1) is 4.91 Å². The molecule has 0 aliphatic heterocycles. The Kier molecular flexibility index (Phi) is 4.08. The first-order chi connectivity index (χ1) is 9.45. The number of allylic oxidation sites excluding steroid dienone is 2. The van der Waals surface area contributed by atoms with Gasteiger partial charge in [-0.25, -0.2) is 0 Å². The minimum atomic E-state index is -0.550. The van der Waals surface area contributed by atoms with E-state index in [2.05, 4.69) is 10.5 Å². The van der Waals surface area contributed by atoms with Crippen molar-refractivity contribution in [3.63, 3.8) is 0 Å². The van der Waals surface area contributed by atoms with Crippen molar-refractivity contribution < 1.29 is 18.9 Å². The molecular formula is C13H14N2O4S. The first-order valence-electron chi connectivity index (χ1n) is 6.11. The minimum absolute atomic E-state index is 0.0388. The maximum absolute atomic E-state index is 12.4. The molecule has 6 nitrogen and oxygen atoms in total. The Hall–Kier alpha value is -1.89. The number of thioether (sulfide) groups is 1. The zero-order valence-corrected chi connectivity index (χ0v) is 12.2. The lowest BCUT2D eigenvalue weighted by Crippen LogP contribution is -2.23. The number of ketones is 2. The van der Waals surface area contributed by atoms with E-state index in [1.807, 2.05) is 13.8 Å². The largest absolute Gasteiger partial charge is 0.354 e. The number of hydrogen-bond donors (Lipinski definition) is 1. The van der Waals surface area contributed by atoms with Crippen LogP contribution < -0.4 is 5.32 Å². The average Bonchev–Trinajstić information content (AvgIpc) is 2.85. The predicted octanol–water partition coefficient (Wildman–Crippen LogP) is 1.69. The lowest BCUT2D eigenvalue weighted by molar-refractivity contribution is 0.0944. The van der Waals surface area contributed by atoms with E-state index >= 15 is 0 Å². The molecule has 1 amide bonds. The van der Waals surface area contributed by atoms with Gasteiger partial charge in [-0.2, -0.15) is 0 Å². The number of carbonyl (C=O) groups excluding carboxylic acids is 3. The van der Waals surface area contributed by atoms with Gasteiger partial charge in [0.2, 0.25) is 17.3 Å². The SMILES string of the molecule is CNC(=O)c1noc2c1C(=O)C(SCC(C)C)=CC2=O. The predicted molar refractivity (Wildman–Crippen MR) is 73.9 cm³/mol. The topological polar surface area (TPSA) is 89.3 Å². The molecule has 0 aromatic carbocycles. The molecule has 0 saturated heterocycles. The summed E-state index contributed by atoms with van der Waals surface area (Å²) >= 11 is 1.30. The summed E-state index contributed by atoms with van der Waals surface area (Å²) in [5.41, 5.74) is -0.181. The lowest BCUT2D eigenvalue weighted by atomic mass is 10.00. The van der Waals surface area contributed by atoms with E-state index in [-0.39, 0.29) is 22.8 Å². The third-order valence-corrected chi connectivity index (χ3v) is 4.09. The van der Waals surface area contributed by atoms with Crippen molar-refractivity contribution in [1.29, 1.82) is 0 Å². The van der Waals surface area contributed by atoms with Gasteiger partial charge in [-0.3, -0.25) is 14.4 Å². The summed E-state index contributed by atoms with van der Waals surface area (Å²) < 4.78 is 4.83. The van der Waals surface area contributed by atoms with E-state index < -0.39 is 11.7 Å². The Morgan fingerprint density at radius 3 is 2.75 bits per heavy atom. The van der Waals surface area contributed by atoms with Crippen molar-refractivity contribution in [2.45, 2.75) is 13.8 Å². The van der Waals surface area contributed by atoms with Gasteiger partial charge in [-0.05, 0) is 5.92 Å². The van der Waals surface area contributed by atoms with Crippen LogP contribution in [0.3, 0.4) is 0 Å². The fourth-order valence-electron chi connectivity index (χ4n) is 1.68. The van der Waals surface area contributed by atoms with Crippen molar-refractivity contribution >= 4 is 29.2 Å². The molecule has 0 atom stereocenters. The zero-order valence-electron chi connectivity index (χ0n) is 11.4. The van der Waals surface area contributed by atoms with Crippen LogP contribution in [0.1, 0.15) is 45.2 Å². The van der Waals surface area contributed by atoms with Gasteiger partial charge >= 0.3 is 0 Å². The fraction of sp³-hybridized carbons (Fsp3) is 0.385. The summed E-state index contributed by atoms with van der Waals surface area (Å²) in [6, 6.07) is 0. The molecule has 0 radical (unpaired) electrons. The number of nitrogens with zero attached hydrogens (tertiary/aromatic N) is 1. The third kappa shape index (κ3) is 2.53. The van der Waals surface area contributed by atoms with E-state index in [1.165, 1.54) is 24.9 Å². The highest BCUT2D eigenvalue weighted by Gasteiger charge is 2.35. The zero-order chi connectivity index (χ0) is 14.9. The molecule has 20 heavy (non-hydrogen) atoms. The molecule has 0 bridgehead atoms. The molecular weight excluding hydrogens is 280 g/mol. The summed E-state index contributed by atoms with van der Waals surface area (Å²) in [4.78, 5) is 36.2. The van der Waals surface area contributed by atoms with E-state index in [0.29, 0.717) is 16.6 Å². The number of aromatic nitrogens is 1. The van der Waals surface area contributed by atoms with Crippen molar-refractivity contribution in [3.05, 3.63) is 28.0 Å². The molecule has 0 unspecified atom stereocenters. The summed E-state index contributed by atoms with van der Waals surface area (Å²) in [7, 11) is 1.42. The average molecular weight is 294 g/mol. The number of rotatable bonds is 4. The Labute approximate surface area is 120 Å². The molecule has 1 aliphatic rings. The minimum Gasteiger partial charge on any atom is -0.354 e. The van der Waals surface area contributed by atoms with Crippen molar-refractivity contribution in [1.82, 2.24) is 10.5 Å². The van der Waals surface area contributed by atoms with Crippen molar-refractivity contribution in [2.24, 2.45) is 5.92 Å². The second kappa shape index (κ2) is 5.62. The number of amides is 1. The van der Waals surface area contributed by atoms with Crippen LogP contribution in [0.15, 0.2) is 15.5 Å². The van der Waals surface area contributed by atoms with E-state index in [1.54, 1.807) is 0 Å². The third-order valence-electron chi connectivity index (χ3n) is 2.64. The fourth-order valence-corrected chi connectivity index (χ4v) is 2.62. The van der Waals surface area contributed by atoms with Crippen LogP contribution in [0.4, 0.5) is 0 Å². The van der Waals surface area contributed by atoms with Gasteiger partial charge in [0, 0.05) is 18.9 Å². The number of Topliss-reactive ketones (excluding diaryl/α,β-unsaturated/α-hetero) is 1. The molecule has 0 saturated carbocycles. The van der Waals surface area contributed by atoms with Crippen LogP contribution in [-0.2, 0) is 0 Å².